The number of nitrogens with zero attached hydrogens (tertiary/aromatic N) is 2. The number of piperazine rings is 1. The van der Waals surface area contributed by atoms with E-state index in [1.54, 1.807) is 0 Å². The van der Waals surface area contributed by atoms with Crippen LogP contribution < -0.4 is 5.32 Å². The maximum atomic E-state index is 12.4. The Morgan fingerprint density at radius 2 is 2.28 bits per heavy atom. The van der Waals surface area contributed by atoms with Crippen molar-refractivity contribution in [3.05, 3.63) is 16.1 Å². The Hall–Kier alpha value is -0.370. The first-order chi connectivity index (χ1) is 7.97. The number of aromatic nitrogens is 1. The van der Waals surface area contributed by atoms with Gasteiger partial charge in [0, 0.05) is 25.7 Å². The zero-order valence-electron chi connectivity index (χ0n) is 9.83. The summed E-state index contributed by atoms with van der Waals surface area (Å²) in [6.07, 6.45) is -3.35. The molecule has 104 valence electrons. The first-order valence-corrected chi connectivity index (χ1v) is 6.25. The molecule has 0 aliphatic carbocycles. The van der Waals surface area contributed by atoms with E-state index >= 15 is 0 Å². The number of thiazole rings is 1. The molecule has 0 radical (unpaired) electrons. The highest BCUT2D eigenvalue weighted by atomic mass is 35.5. The van der Waals surface area contributed by atoms with E-state index in [1.807, 2.05) is 0 Å². The molecule has 0 spiro atoms. The molecule has 0 aromatic carbocycles. The van der Waals surface area contributed by atoms with Crippen molar-refractivity contribution in [1.29, 1.82) is 0 Å². The lowest BCUT2D eigenvalue weighted by Gasteiger charge is -2.33. The van der Waals surface area contributed by atoms with E-state index < -0.39 is 11.1 Å². The molecular weight excluding hydrogens is 287 g/mol. The topological polar surface area (TPSA) is 28.2 Å². The van der Waals surface area contributed by atoms with E-state index in [0.29, 0.717) is 17.6 Å². The zero-order valence-corrected chi connectivity index (χ0v) is 11.5. The minimum atomic E-state index is -4.27. The minimum absolute atomic E-state index is 0. The van der Waals surface area contributed by atoms with Crippen LogP contribution in [0.15, 0.2) is 6.20 Å². The first kappa shape index (κ1) is 15.7. The van der Waals surface area contributed by atoms with E-state index in [1.165, 1.54) is 0 Å². The van der Waals surface area contributed by atoms with Gasteiger partial charge in [0.15, 0.2) is 0 Å². The summed E-state index contributed by atoms with van der Waals surface area (Å²) in [6.45, 7) is 5.16. The van der Waals surface area contributed by atoms with Crippen LogP contribution in [0.25, 0.3) is 0 Å². The molecule has 0 bridgehead atoms. The lowest BCUT2D eigenvalue weighted by molar-refractivity contribution is -0.134. The van der Waals surface area contributed by atoms with Gasteiger partial charge in [0.1, 0.15) is 9.88 Å². The summed E-state index contributed by atoms with van der Waals surface area (Å²) < 4.78 is 37.2. The second kappa shape index (κ2) is 6.18. The average molecular weight is 302 g/mol. The molecule has 1 aromatic rings. The number of hydrogen-bond donors (Lipinski definition) is 1. The second-order valence-corrected chi connectivity index (χ2v) is 5.25. The van der Waals surface area contributed by atoms with Crippen LogP contribution in [0.3, 0.4) is 0 Å². The maximum absolute atomic E-state index is 12.4. The molecular formula is C10H15ClF3N3S. The molecule has 2 heterocycles. The highest BCUT2D eigenvalue weighted by Crippen LogP contribution is 2.33. The third-order valence-electron chi connectivity index (χ3n) is 2.81. The van der Waals surface area contributed by atoms with E-state index in [2.05, 4.69) is 22.1 Å². The van der Waals surface area contributed by atoms with Gasteiger partial charge in [-0.3, -0.25) is 4.90 Å². The Labute approximate surface area is 114 Å². The molecule has 3 nitrogen and oxygen atoms in total. The number of alkyl halides is 3. The van der Waals surface area contributed by atoms with Gasteiger partial charge < -0.3 is 5.32 Å². The standard InChI is InChI=1S/C10H14F3N3S.ClH/c1-7-4-14-2-3-16(7)6-9-15-5-8(17-9)10(11,12)13;/h5,7,14H,2-4,6H2,1H3;1H/t7-;/m1./s1. The second-order valence-electron chi connectivity index (χ2n) is 4.14. The van der Waals surface area contributed by atoms with Gasteiger partial charge in [-0.15, -0.1) is 23.7 Å². The van der Waals surface area contributed by atoms with Gasteiger partial charge in [-0.2, -0.15) is 13.2 Å². The normalized spacial score (nSPS) is 21.7. The molecule has 0 amide bonds. The van der Waals surface area contributed by atoms with Crippen molar-refractivity contribution in [1.82, 2.24) is 15.2 Å². The zero-order chi connectivity index (χ0) is 12.5. The van der Waals surface area contributed by atoms with E-state index in [0.717, 1.165) is 37.2 Å². The molecule has 1 N–H and O–H groups in total. The molecule has 1 aliphatic rings. The van der Waals surface area contributed by atoms with Gasteiger partial charge in [-0.05, 0) is 6.92 Å². The van der Waals surface area contributed by atoms with Crippen LogP contribution in [0.4, 0.5) is 13.2 Å². The third-order valence-corrected chi connectivity index (χ3v) is 3.84. The number of rotatable bonds is 2. The van der Waals surface area contributed by atoms with Gasteiger partial charge in [0.05, 0.1) is 12.7 Å². The van der Waals surface area contributed by atoms with Gasteiger partial charge in [-0.1, -0.05) is 0 Å². The minimum Gasteiger partial charge on any atom is -0.314 e. The fraction of sp³-hybridized carbons (Fsp3) is 0.700. The molecule has 1 saturated heterocycles. The number of hydrogen-bond acceptors (Lipinski definition) is 4. The summed E-state index contributed by atoms with van der Waals surface area (Å²) in [5.74, 6) is 0. The fourth-order valence-corrected chi connectivity index (χ4v) is 2.62. The van der Waals surface area contributed by atoms with Crippen LogP contribution in [0.5, 0.6) is 0 Å². The van der Waals surface area contributed by atoms with Gasteiger partial charge in [0.2, 0.25) is 0 Å². The quantitative estimate of drug-likeness (QED) is 0.909. The molecule has 1 atom stereocenters. The summed E-state index contributed by atoms with van der Waals surface area (Å²) in [6, 6.07) is 0.335. The van der Waals surface area contributed by atoms with Crippen molar-refractivity contribution in [3.8, 4) is 0 Å². The number of nitrogens with one attached hydrogen (secondary N) is 1. The average Bonchev–Trinajstić information content (AvgIpc) is 2.69. The van der Waals surface area contributed by atoms with Crippen molar-refractivity contribution in [3.63, 3.8) is 0 Å². The summed E-state index contributed by atoms with van der Waals surface area (Å²) in [4.78, 5) is 5.38. The third kappa shape index (κ3) is 3.81. The van der Waals surface area contributed by atoms with E-state index in [9.17, 15) is 13.2 Å². The van der Waals surface area contributed by atoms with E-state index in [4.69, 9.17) is 0 Å². The summed E-state index contributed by atoms with van der Waals surface area (Å²) in [7, 11) is 0. The summed E-state index contributed by atoms with van der Waals surface area (Å²) in [5.41, 5.74) is 0. The Bertz CT molecular complexity index is 383. The molecule has 1 aliphatic heterocycles. The Morgan fingerprint density at radius 1 is 1.56 bits per heavy atom. The molecule has 0 saturated carbocycles. The van der Waals surface area contributed by atoms with Crippen LogP contribution in [0.1, 0.15) is 16.8 Å². The van der Waals surface area contributed by atoms with Crippen LogP contribution in [-0.2, 0) is 12.7 Å². The number of halogens is 4. The van der Waals surface area contributed by atoms with Crippen molar-refractivity contribution in [2.75, 3.05) is 19.6 Å². The van der Waals surface area contributed by atoms with Crippen molar-refractivity contribution in [2.45, 2.75) is 25.7 Å². The Kier molecular flexibility index (Phi) is 5.39. The van der Waals surface area contributed by atoms with Crippen LogP contribution in [0.2, 0.25) is 0 Å². The molecule has 8 heteroatoms. The highest BCUT2D eigenvalue weighted by molar-refractivity contribution is 7.11. The Morgan fingerprint density at radius 3 is 2.83 bits per heavy atom. The lowest BCUT2D eigenvalue weighted by atomic mass is 10.2. The lowest BCUT2D eigenvalue weighted by Crippen LogP contribution is -2.49. The predicted octanol–water partition coefficient (Wildman–Crippen LogP) is 2.38. The van der Waals surface area contributed by atoms with E-state index in [-0.39, 0.29) is 12.4 Å². The van der Waals surface area contributed by atoms with Crippen LogP contribution >= 0.6 is 23.7 Å². The summed E-state index contributed by atoms with van der Waals surface area (Å²) in [5, 5.41) is 3.77. The first-order valence-electron chi connectivity index (χ1n) is 5.43. The van der Waals surface area contributed by atoms with Gasteiger partial charge in [0.25, 0.3) is 0 Å². The maximum Gasteiger partial charge on any atom is 0.427 e. The van der Waals surface area contributed by atoms with Gasteiger partial charge >= 0.3 is 6.18 Å². The molecule has 1 fully saturated rings. The van der Waals surface area contributed by atoms with Crippen LogP contribution in [0, 0.1) is 0 Å². The molecule has 0 unspecified atom stereocenters. The van der Waals surface area contributed by atoms with Crippen molar-refractivity contribution >= 4 is 23.7 Å². The largest absolute Gasteiger partial charge is 0.427 e. The predicted molar refractivity (Wildman–Crippen MR) is 67.1 cm³/mol. The molecule has 18 heavy (non-hydrogen) atoms. The fourth-order valence-electron chi connectivity index (χ4n) is 1.81. The Balaban J connectivity index is 0.00000162. The SMILES string of the molecule is C[C@@H]1CNCCN1Cc1ncc(C(F)(F)F)s1.Cl. The summed E-state index contributed by atoms with van der Waals surface area (Å²) >= 11 is 0.737. The highest BCUT2D eigenvalue weighted by Gasteiger charge is 2.33. The monoisotopic (exact) mass is 301 g/mol. The van der Waals surface area contributed by atoms with Crippen molar-refractivity contribution < 1.29 is 13.2 Å². The van der Waals surface area contributed by atoms with Gasteiger partial charge in [-0.25, -0.2) is 4.98 Å². The smallest absolute Gasteiger partial charge is 0.314 e. The molecule has 1 aromatic heterocycles. The molecule has 2 rings (SSSR count). The van der Waals surface area contributed by atoms with Crippen LogP contribution in [-0.4, -0.2) is 35.6 Å². The van der Waals surface area contributed by atoms with Crippen molar-refractivity contribution in [2.24, 2.45) is 0 Å².